The number of furan rings is 1. The smallest absolute Gasteiger partial charge is 0.239 e. The molecule has 0 unspecified atom stereocenters. The SMILES string of the molecule is CN=C(NCC(=O)NCc1ccco1)Nc1ccc(OC)c(OC)c1.I. The number of guanidine groups is 1. The first-order valence-electron chi connectivity index (χ1n) is 7.65. The van der Waals surface area contributed by atoms with Crippen molar-refractivity contribution in [1.29, 1.82) is 0 Å². The maximum Gasteiger partial charge on any atom is 0.239 e. The molecule has 2 rings (SSSR count). The lowest BCUT2D eigenvalue weighted by atomic mass is 10.3. The summed E-state index contributed by atoms with van der Waals surface area (Å²) in [6.07, 6.45) is 1.56. The maximum absolute atomic E-state index is 11.9. The van der Waals surface area contributed by atoms with Crippen LogP contribution >= 0.6 is 24.0 Å². The summed E-state index contributed by atoms with van der Waals surface area (Å²) in [6.45, 7) is 0.420. The van der Waals surface area contributed by atoms with Gasteiger partial charge in [-0.15, -0.1) is 24.0 Å². The van der Waals surface area contributed by atoms with E-state index in [0.29, 0.717) is 29.8 Å². The lowest BCUT2D eigenvalue weighted by Gasteiger charge is -2.14. The van der Waals surface area contributed by atoms with E-state index in [1.807, 2.05) is 6.07 Å². The van der Waals surface area contributed by atoms with Crippen molar-refractivity contribution in [3.63, 3.8) is 0 Å². The molecular formula is C17H23IN4O4. The summed E-state index contributed by atoms with van der Waals surface area (Å²) < 4.78 is 15.6. The Morgan fingerprint density at radius 2 is 1.92 bits per heavy atom. The number of nitrogens with one attached hydrogen (secondary N) is 3. The molecule has 1 aromatic carbocycles. The highest BCUT2D eigenvalue weighted by atomic mass is 127. The normalized spacial score (nSPS) is 10.5. The van der Waals surface area contributed by atoms with Crippen LogP contribution in [0.1, 0.15) is 5.76 Å². The average Bonchev–Trinajstić information content (AvgIpc) is 3.16. The van der Waals surface area contributed by atoms with Crippen molar-refractivity contribution in [1.82, 2.24) is 10.6 Å². The van der Waals surface area contributed by atoms with E-state index in [4.69, 9.17) is 13.9 Å². The fourth-order valence-electron chi connectivity index (χ4n) is 2.06. The van der Waals surface area contributed by atoms with Gasteiger partial charge in [0.1, 0.15) is 5.76 Å². The van der Waals surface area contributed by atoms with E-state index < -0.39 is 0 Å². The van der Waals surface area contributed by atoms with E-state index in [2.05, 4.69) is 20.9 Å². The number of ether oxygens (including phenoxy) is 2. The number of amides is 1. The molecule has 1 aromatic heterocycles. The third-order valence-electron chi connectivity index (χ3n) is 3.33. The molecule has 9 heteroatoms. The summed E-state index contributed by atoms with van der Waals surface area (Å²) in [4.78, 5) is 15.9. The van der Waals surface area contributed by atoms with Crippen molar-refractivity contribution in [2.45, 2.75) is 6.54 Å². The van der Waals surface area contributed by atoms with Gasteiger partial charge in [0.05, 0.1) is 33.6 Å². The number of carbonyl (C=O) groups is 1. The number of carbonyl (C=O) groups excluding carboxylic acids is 1. The first-order chi connectivity index (χ1) is 12.2. The molecule has 8 nitrogen and oxygen atoms in total. The number of benzene rings is 1. The first-order valence-corrected chi connectivity index (χ1v) is 7.65. The fraction of sp³-hybridized carbons (Fsp3) is 0.294. The average molecular weight is 474 g/mol. The van der Waals surface area contributed by atoms with E-state index in [0.717, 1.165) is 5.69 Å². The number of rotatable bonds is 7. The Hall–Kier alpha value is -2.43. The number of nitrogens with zero attached hydrogens (tertiary/aromatic N) is 1. The van der Waals surface area contributed by atoms with Crippen molar-refractivity contribution in [2.75, 3.05) is 33.1 Å². The number of hydrogen-bond acceptors (Lipinski definition) is 5. The Morgan fingerprint density at radius 1 is 1.15 bits per heavy atom. The molecular weight excluding hydrogens is 451 g/mol. The summed E-state index contributed by atoms with van der Waals surface area (Å²) in [6, 6.07) is 8.96. The minimum absolute atomic E-state index is 0. The van der Waals surface area contributed by atoms with Gasteiger partial charge in [-0.3, -0.25) is 9.79 Å². The molecule has 0 aliphatic heterocycles. The van der Waals surface area contributed by atoms with E-state index in [1.165, 1.54) is 0 Å². The van der Waals surface area contributed by atoms with Crippen LogP contribution in [0, 0.1) is 0 Å². The Labute approximate surface area is 169 Å². The van der Waals surface area contributed by atoms with Gasteiger partial charge in [0.15, 0.2) is 17.5 Å². The van der Waals surface area contributed by atoms with Crippen LogP contribution < -0.4 is 25.4 Å². The monoisotopic (exact) mass is 474 g/mol. The zero-order valence-corrected chi connectivity index (χ0v) is 17.2. The van der Waals surface area contributed by atoms with E-state index in [9.17, 15) is 4.79 Å². The van der Waals surface area contributed by atoms with Gasteiger partial charge in [-0.05, 0) is 24.3 Å². The van der Waals surface area contributed by atoms with Gasteiger partial charge in [0, 0.05) is 18.8 Å². The molecule has 0 aliphatic carbocycles. The third kappa shape index (κ3) is 6.47. The Bertz CT molecular complexity index is 720. The summed E-state index contributed by atoms with van der Waals surface area (Å²) >= 11 is 0. The van der Waals surface area contributed by atoms with Gasteiger partial charge in [-0.1, -0.05) is 0 Å². The lowest BCUT2D eigenvalue weighted by Crippen LogP contribution is -2.39. The number of halogens is 1. The highest BCUT2D eigenvalue weighted by Gasteiger charge is 2.08. The number of anilines is 1. The highest BCUT2D eigenvalue weighted by Crippen LogP contribution is 2.29. The van der Waals surface area contributed by atoms with Crippen LogP contribution in [0.5, 0.6) is 11.5 Å². The topological polar surface area (TPSA) is 97.1 Å². The van der Waals surface area contributed by atoms with Crippen LogP contribution in [0.25, 0.3) is 0 Å². The molecule has 0 radical (unpaired) electrons. The molecule has 2 aromatic rings. The van der Waals surface area contributed by atoms with Gasteiger partial charge in [-0.25, -0.2) is 0 Å². The summed E-state index contributed by atoms with van der Waals surface area (Å²) in [5, 5.41) is 8.77. The molecule has 0 atom stereocenters. The quantitative estimate of drug-likeness (QED) is 0.324. The molecule has 3 N–H and O–H groups in total. The van der Waals surface area contributed by atoms with Crippen LogP contribution in [0.4, 0.5) is 5.69 Å². The molecule has 0 spiro atoms. The molecule has 26 heavy (non-hydrogen) atoms. The number of aliphatic imine (C=N–C) groups is 1. The van der Waals surface area contributed by atoms with Crippen molar-refractivity contribution in [3.05, 3.63) is 42.4 Å². The zero-order valence-electron chi connectivity index (χ0n) is 14.9. The number of methoxy groups -OCH3 is 2. The van der Waals surface area contributed by atoms with Crippen molar-refractivity contribution in [3.8, 4) is 11.5 Å². The second-order valence-electron chi connectivity index (χ2n) is 4.98. The number of hydrogen-bond donors (Lipinski definition) is 3. The predicted molar refractivity (Wildman–Crippen MR) is 111 cm³/mol. The molecule has 0 bridgehead atoms. The molecule has 1 amide bonds. The fourth-order valence-corrected chi connectivity index (χ4v) is 2.06. The van der Waals surface area contributed by atoms with Gasteiger partial charge < -0.3 is 29.8 Å². The summed E-state index contributed by atoms with van der Waals surface area (Å²) in [5.74, 6) is 2.21. The zero-order chi connectivity index (χ0) is 18.1. The highest BCUT2D eigenvalue weighted by molar-refractivity contribution is 14.0. The van der Waals surface area contributed by atoms with Crippen molar-refractivity contribution >= 4 is 41.5 Å². The second kappa shape index (κ2) is 11.2. The van der Waals surface area contributed by atoms with Gasteiger partial charge in [0.2, 0.25) is 5.91 Å². The molecule has 0 aliphatic rings. The van der Waals surface area contributed by atoms with Crippen LogP contribution in [0.3, 0.4) is 0 Å². The predicted octanol–water partition coefficient (Wildman–Crippen LogP) is 2.22. The van der Waals surface area contributed by atoms with Crippen molar-refractivity contribution in [2.24, 2.45) is 4.99 Å². The van der Waals surface area contributed by atoms with Crippen LogP contribution in [-0.2, 0) is 11.3 Å². The van der Waals surface area contributed by atoms with Crippen LogP contribution in [0.15, 0.2) is 46.0 Å². The lowest BCUT2D eigenvalue weighted by molar-refractivity contribution is -0.120. The van der Waals surface area contributed by atoms with Crippen molar-refractivity contribution < 1.29 is 18.7 Å². The van der Waals surface area contributed by atoms with E-state index in [1.54, 1.807) is 51.8 Å². The Balaban J connectivity index is 0.00000338. The minimum atomic E-state index is -0.174. The summed E-state index contributed by atoms with van der Waals surface area (Å²) in [7, 11) is 4.77. The van der Waals surface area contributed by atoms with Crippen LogP contribution in [0.2, 0.25) is 0 Å². The summed E-state index contributed by atoms with van der Waals surface area (Å²) in [5.41, 5.74) is 0.752. The van der Waals surface area contributed by atoms with Gasteiger partial charge in [-0.2, -0.15) is 0 Å². The molecule has 1 heterocycles. The molecule has 0 saturated heterocycles. The third-order valence-corrected chi connectivity index (χ3v) is 3.33. The standard InChI is InChI=1S/C17H22N4O4.HI/c1-18-17(20-11-16(22)19-10-13-5-4-8-25-13)21-12-6-7-14(23-2)15(9-12)24-3;/h4-9H,10-11H2,1-3H3,(H,19,22)(H2,18,20,21);1H. The minimum Gasteiger partial charge on any atom is -0.493 e. The molecule has 0 fully saturated rings. The molecule has 0 saturated carbocycles. The second-order valence-corrected chi connectivity index (χ2v) is 4.98. The Kier molecular flexibility index (Phi) is 9.34. The molecule has 142 valence electrons. The van der Waals surface area contributed by atoms with E-state index >= 15 is 0 Å². The Morgan fingerprint density at radius 3 is 2.54 bits per heavy atom. The van der Waals surface area contributed by atoms with E-state index in [-0.39, 0.29) is 36.4 Å². The maximum atomic E-state index is 11.9. The largest absolute Gasteiger partial charge is 0.493 e. The van der Waals surface area contributed by atoms with Gasteiger partial charge in [0.25, 0.3) is 0 Å². The van der Waals surface area contributed by atoms with Gasteiger partial charge >= 0.3 is 0 Å². The first kappa shape index (κ1) is 21.6. The van der Waals surface area contributed by atoms with Crippen LogP contribution in [-0.4, -0.2) is 39.7 Å².